The lowest BCUT2D eigenvalue weighted by Gasteiger charge is -2.11. The molecule has 1 rings (SSSR count). The number of allylic oxidation sites excluding steroid dienone is 1. The molecule has 0 spiro atoms. The van der Waals surface area contributed by atoms with E-state index >= 15 is 0 Å². The summed E-state index contributed by atoms with van der Waals surface area (Å²) in [6.07, 6.45) is 5.97. The predicted octanol–water partition coefficient (Wildman–Crippen LogP) is 1.65. The molecule has 1 atom stereocenters. The van der Waals surface area contributed by atoms with E-state index in [0.29, 0.717) is 6.04 Å². The van der Waals surface area contributed by atoms with Gasteiger partial charge in [-0.1, -0.05) is 6.08 Å². The van der Waals surface area contributed by atoms with Crippen LogP contribution in [0.2, 0.25) is 0 Å². The molecule has 1 N–H and O–H groups in total. The Morgan fingerprint density at radius 2 is 2.54 bits per heavy atom. The maximum atomic E-state index is 4.35. The summed E-state index contributed by atoms with van der Waals surface area (Å²) in [6, 6.07) is 2.39. The summed E-state index contributed by atoms with van der Waals surface area (Å²) in [5, 5.41) is 7.60. The summed E-state index contributed by atoms with van der Waals surface area (Å²) in [5.41, 5.74) is 1.10. The number of aromatic nitrogens is 2. The average Bonchev–Trinajstić information content (AvgIpc) is 2.54. The Bertz CT molecular complexity index is 265. The number of aryl methyl sites for hydroxylation is 1. The fourth-order valence-electron chi connectivity index (χ4n) is 1.34. The van der Waals surface area contributed by atoms with E-state index in [1.54, 1.807) is 0 Å². The molecule has 0 saturated carbocycles. The van der Waals surface area contributed by atoms with Gasteiger partial charge >= 0.3 is 0 Å². The summed E-state index contributed by atoms with van der Waals surface area (Å²) >= 11 is 0. The monoisotopic (exact) mass is 179 g/mol. The third-order valence-electron chi connectivity index (χ3n) is 2.10. The third kappa shape index (κ3) is 2.70. The van der Waals surface area contributed by atoms with Crippen molar-refractivity contribution in [1.82, 2.24) is 15.1 Å². The van der Waals surface area contributed by atoms with Gasteiger partial charge in [0, 0.05) is 13.2 Å². The first-order valence-corrected chi connectivity index (χ1v) is 4.55. The Hall–Kier alpha value is -1.09. The molecule has 0 aromatic carbocycles. The quantitative estimate of drug-likeness (QED) is 0.696. The number of nitrogens with one attached hydrogen (secondary N) is 1. The van der Waals surface area contributed by atoms with Gasteiger partial charge in [-0.2, -0.15) is 5.10 Å². The van der Waals surface area contributed by atoms with E-state index in [4.69, 9.17) is 0 Å². The van der Waals surface area contributed by atoms with Gasteiger partial charge in [0.05, 0.1) is 11.7 Å². The fourth-order valence-corrected chi connectivity index (χ4v) is 1.34. The Morgan fingerprint density at radius 3 is 3.00 bits per heavy atom. The van der Waals surface area contributed by atoms with Crippen molar-refractivity contribution < 1.29 is 0 Å². The molecule has 0 fully saturated rings. The SMILES string of the molecule is C=CCCC(NC)c1ccn(C)n1. The van der Waals surface area contributed by atoms with Gasteiger partial charge in [-0.3, -0.25) is 4.68 Å². The molecule has 0 radical (unpaired) electrons. The molecular formula is C10H17N3. The molecule has 72 valence electrons. The molecule has 3 heteroatoms. The summed E-state index contributed by atoms with van der Waals surface area (Å²) in [4.78, 5) is 0. The highest BCUT2D eigenvalue weighted by atomic mass is 15.3. The lowest BCUT2D eigenvalue weighted by Crippen LogP contribution is -2.16. The second kappa shape index (κ2) is 4.82. The van der Waals surface area contributed by atoms with E-state index < -0.39 is 0 Å². The molecule has 0 aliphatic rings. The van der Waals surface area contributed by atoms with E-state index in [9.17, 15) is 0 Å². The van der Waals surface area contributed by atoms with Crippen molar-refractivity contribution in [3.8, 4) is 0 Å². The van der Waals surface area contributed by atoms with Gasteiger partial charge in [-0.25, -0.2) is 0 Å². The van der Waals surface area contributed by atoms with Crippen molar-refractivity contribution in [2.75, 3.05) is 7.05 Å². The van der Waals surface area contributed by atoms with Crippen molar-refractivity contribution >= 4 is 0 Å². The van der Waals surface area contributed by atoms with Gasteiger partial charge in [0.15, 0.2) is 0 Å². The summed E-state index contributed by atoms with van der Waals surface area (Å²) in [7, 11) is 3.89. The van der Waals surface area contributed by atoms with Crippen LogP contribution >= 0.6 is 0 Å². The molecule has 1 aromatic heterocycles. The van der Waals surface area contributed by atoms with Crippen molar-refractivity contribution in [3.63, 3.8) is 0 Å². The van der Waals surface area contributed by atoms with Gasteiger partial charge in [0.25, 0.3) is 0 Å². The molecule has 1 heterocycles. The zero-order chi connectivity index (χ0) is 9.68. The molecule has 0 aliphatic carbocycles. The Balaban J connectivity index is 2.60. The Morgan fingerprint density at radius 1 is 1.77 bits per heavy atom. The highest BCUT2D eigenvalue weighted by molar-refractivity contribution is 5.05. The Kier molecular flexibility index (Phi) is 3.71. The summed E-state index contributed by atoms with van der Waals surface area (Å²) < 4.78 is 1.83. The molecule has 0 bridgehead atoms. The lowest BCUT2D eigenvalue weighted by atomic mass is 10.1. The molecule has 13 heavy (non-hydrogen) atoms. The second-order valence-corrected chi connectivity index (χ2v) is 3.12. The van der Waals surface area contributed by atoms with Gasteiger partial charge < -0.3 is 5.32 Å². The first-order valence-electron chi connectivity index (χ1n) is 4.55. The zero-order valence-corrected chi connectivity index (χ0v) is 8.33. The minimum absolute atomic E-state index is 0.346. The van der Waals surface area contributed by atoms with Crippen LogP contribution in [0.4, 0.5) is 0 Å². The van der Waals surface area contributed by atoms with E-state index in [1.807, 2.05) is 37.1 Å². The number of hydrogen-bond donors (Lipinski definition) is 1. The van der Waals surface area contributed by atoms with Crippen LogP contribution in [0.25, 0.3) is 0 Å². The first kappa shape index (κ1) is 9.99. The normalized spacial score (nSPS) is 12.8. The van der Waals surface area contributed by atoms with E-state index in [-0.39, 0.29) is 0 Å². The maximum Gasteiger partial charge on any atom is 0.0793 e. The van der Waals surface area contributed by atoms with Crippen LogP contribution in [-0.2, 0) is 7.05 Å². The Labute approximate surface area is 79.5 Å². The minimum atomic E-state index is 0.346. The highest BCUT2D eigenvalue weighted by Gasteiger charge is 2.09. The molecule has 3 nitrogen and oxygen atoms in total. The minimum Gasteiger partial charge on any atom is -0.312 e. The number of hydrogen-bond acceptors (Lipinski definition) is 2. The van der Waals surface area contributed by atoms with Gasteiger partial charge in [0.2, 0.25) is 0 Å². The smallest absolute Gasteiger partial charge is 0.0793 e. The van der Waals surface area contributed by atoms with Crippen molar-refractivity contribution in [1.29, 1.82) is 0 Å². The third-order valence-corrected chi connectivity index (χ3v) is 2.10. The number of nitrogens with zero attached hydrogens (tertiary/aromatic N) is 2. The van der Waals surface area contributed by atoms with Crippen LogP contribution in [0.3, 0.4) is 0 Å². The van der Waals surface area contributed by atoms with Gasteiger partial charge in [-0.05, 0) is 26.0 Å². The van der Waals surface area contributed by atoms with Gasteiger partial charge in [0.1, 0.15) is 0 Å². The molecule has 1 aromatic rings. The first-order chi connectivity index (χ1) is 6.27. The van der Waals surface area contributed by atoms with Crippen molar-refractivity contribution in [2.45, 2.75) is 18.9 Å². The van der Waals surface area contributed by atoms with E-state index in [2.05, 4.69) is 17.0 Å². The maximum absolute atomic E-state index is 4.35. The van der Waals surface area contributed by atoms with Crippen LogP contribution in [-0.4, -0.2) is 16.8 Å². The van der Waals surface area contributed by atoms with E-state index in [1.165, 1.54) is 0 Å². The molecule has 0 amide bonds. The largest absolute Gasteiger partial charge is 0.312 e. The van der Waals surface area contributed by atoms with Crippen LogP contribution in [0.1, 0.15) is 24.6 Å². The summed E-state index contributed by atoms with van der Waals surface area (Å²) in [5.74, 6) is 0. The standard InChI is InChI=1S/C10H17N3/c1-4-5-6-9(11-2)10-7-8-13(3)12-10/h4,7-9,11H,1,5-6H2,2-3H3. The van der Waals surface area contributed by atoms with Gasteiger partial charge in [-0.15, -0.1) is 6.58 Å². The number of rotatable bonds is 5. The predicted molar refractivity (Wildman–Crippen MR) is 54.4 cm³/mol. The van der Waals surface area contributed by atoms with Crippen molar-refractivity contribution in [2.24, 2.45) is 7.05 Å². The van der Waals surface area contributed by atoms with Crippen LogP contribution in [0.5, 0.6) is 0 Å². The second-order valence-electron chi connectivity index (χ2n) is 3.12. The van der Waals surface area contributed by atoms with Crippen molar-refractivity contribution in [3.05, 3.63) is 30.6 Å². The highest BCUT2D eigenvalue weighted by Crippen LogP contribution is 2.15. The molecular weight excluding hydrogens is 162 g/mol. The average molecular weight is 179 g/mol. The fraction of sp³-hybridized carbons (Fsp3) is 0.500. The summed E-state index contributed by atoms with van der Waals surface area (Å²) in [6.45, 7) is 3.71. The van der Waals surface area contributed by atoms with E-state index in [0.717, 1.165) is 18.5 Å². The van der Waals surface area contributed by atoms with Crippen LogP contribution < -0.4 is 5.32 Å². The molecule has 0 saturated heterocycles. The topological polar surface area (TPSA) is 29.9 Å². The van der Waals surface area contributed by atoms with Crippen LogP contribution in [0, 0.1) is 0 Å². The zero-order valence-electron chi connectivity index (χ0n) is 8.33. The van der Waals surface area contributed by atoms with Crippen LogP contribution in [0.15, 0.2) is 24.9 Å². The molecule has 0 aliphatic heterocycles. The molecule has 1 unspecified atom stereocenters. The lowest BCUT2D eigenvalue weighted by molar-refractivity contribution is 0.531.